The fourth-order valence-corrected chi connectivity index (χ4v) is 14.1. The first-order valence-corrected chi connectivity index (χ1v) is 21.6. The van der Waals surface area contributed by atoms with Gasteiger partial charge in [-0.1, -0.05) is 182 Å². The number of aromatic nitrogens is 3. The summed E-state index contributed by atoms with van der Waals surface area (Å²) in [7, 11) is -2.71. The number of para-hydroxylation sites is 4. The number of nitrogens with zero attached hydrogens (tertiary/aromatic N) is 3. The van der Waals surface area contributed by atoms with Crippen LogP contribution in [-0.4, -0.2) is 22.2 Å². The number of fused-ring (bicyclic) bond motifs is 6. The molecule has 57 heavy (non-hydrogen) atoms. The molecule has 0 spiro atoms. The van der Waals surface area contributed by atoms with E-state index in [2.05, 4.69) is 228 Å². The summed E-state index contributed by atoms with van der Waals surface area (Å²) in [6.45, 7) is 0. The van der Waals surface area contributed by atoms with Crippen molar-refractivity contribution in [1.29, 1.82) is 0 Å². The first kappa shape index (κ1) is 33.1. The lowest BCUT2D eigenvalue weighted by atomic mass is 10.1. The van der Waals surface area contributed by atoms with Crippen molar-refractivity contribution in [2.45, 2.75) is 0 Å². The Kier molecular flexibility index (Phi) is 7.83. The van der Waals surface area contributed by atoms with E-state index in [4.69, 9.17) is 4.98 Å². The van der Waals surface area contributed by atoms with Gasteiger partial charge in [-0.15, -0.1) is 0 Å². The Morgan fingerprint density at radius 3 is 1.35 bits per heavy atom. The minimum absolute atomic E-state index is 0.884. The second kappa shape index (κ2) is 13.5. The van der Waals surface area contributed by atoms with Gasteiger partial charge in [-0.2, -0.15) is 0 Å². The van der Waals surface area contributed by atoms with Gasteiger partial charge in [0.1, 0.15) is 5.82 Å². The quantitative estimate of drug-likeness (QED) is 0.118. The molecule has 8 aromatic carbocycles. The molecule has 0 fully saturated rings. The van der Waals surface area contributed by atoms with E-state index in [9.17, 15) is 0 Å². The Morgan fingerprint density at radius 2 is 0.772 bits per heavy atom. The largest absolute Gasteiger partial charge is 0.307 e. The SMILES string of the molecule is c1ccc([Si](c2ccccc2)(c2ccccc2)c2cccc(-c3ccnc(-n4c5ccccc5c5cccc(-n6c7ccccc7c7ccccc76)c54)c3)c2)cc1. The molecule has 0 bridgehead atoms. The van der Waals surface area contributed by atoms with Gasteiger partial charge in [0, 0.05) is 27.7 Å². The average molecular weight is 744 g/mol. The van der Waals surface area contributed by atoms with Gasteiger partial charge < -0.3 is 4.57 Å². The number of hydrogen-bond donors (Lipinski definition) is 0. The normalized spacial score (nSPS) is 11.9. The zero-order chi connectivity index (χ0) is 37.8. The zero-order valence-corrected chi connectivity index (χ0v) is 32.2. The van der Waals surface area contributed by atoms with E-state index >= 15 is 0 Å². The summed E-state index contributed by atoms with van der Waals surface area (Å²) in [6, 6.07) is 79.9. The van der Waals surface area contributed by atoms with Crippen LogP contribution in [0.2, 0.25) is 0 Å². The predicted octanol–water partition coefficient (Wildman–Crippen LogP) is 10.3. The molecule has 0 aliphatic carbocycles. The highest BCUT2D eigenvalue weighted by molar-refractivity contribution is 7.19. The van der Waals surface area contributed by atoms with Gasteiger partial charge in [0.25, 0.3) is 0 Å². The van der Waals surface area contributed by atoms with Crippen molar-refractivity contribution < 1.29 is 0 Å². The summed E-state index contributed by atoms with van der Waals surface area (Å²) < 4.78 is 4.80. The third kappa shape index (κ3) is 5.15. The molecular formula is C53H37N3Si. The summed E-state index contributed by atoms with van der Waals surface area (Å²) in [5.41, 5.74) is 8.04. The molecule has 11 aromatic rings. The first-order chi connectivity index (χ1) is 28.3. The fourth-order valence-electron chi connectivity index (χ4n) is 9.32. The number of benzene rings is 8. The smallest absolute Gasteiger partial charge is 0.179 e. The van der Waals surface area contributed by atoms with Gasteiger partial charge in [0.05, 0.1) is 27.8 Å². The molecule has 0 aliphatic heterocycles. The van der Waals surface area contributed by atoms with Crippen LogP contribution in [0.1, 0.15) is 0 Å². The summed E-state index contributed by atoms with van der Waals surface area (Å²) in [5, 5.41) is 10.3. The van der Waals surface area contributed by atoms with Crippen LogP contribution in [0.25, 0.3) is 66.2 Å². The second-order valence-corrected chi connectivity index (χ2v) is 18.5. The molecule has 0 amide bonds. The zero-order valence-electron chi connectivity index (χ0n) is 31.2. The van der Waals surface area contributed by atoms with E-state index in [1.54, 1.807) is 0 Å². The molecule has 0 N–H and O–H groups in total. The standard InChI is InChI=1S/C53H37N3Si/c1-4-19-40(20-5-1)57(41-21-6-2-7-22-41,42-23-8-3-9-24-42)43-25-16-18-38(36-43)39-34-35-54-52(37-39)56-50-32-15-12-28-46(50)47-29-17-33-51(53(47)56)55-48-30-13-10-26-44(48)45-27-11-14-31-49(45)55/h1-37H. The molecule has 3 nitrogen and oxygen atoms in total. The van der Waals surface area contributed by atoms with E-state index in [1.807, 2.05) is 6.20 Å². The summed E-state index contributed by atoms with van der Waals surface area (Å²) >= 11 is 0. The summed E-state index contributed by atoms with van der Waals surface area (Å²) in [4.78, 5) is 5.13. The minimum atomic E-state index is -2.71. The molecule has 0 saturated carbocycles. The Morgan fingerprint density at radius 1 is 0.333 bits per heavy atom. The summed E-state index contributed by atoms with van der Waals surface area (Å²) in [5.74, 6) is 0.884. The highest BCUT2D eigenvalue weighted by atomic mass is 28.3. The molecular weight excluding hydrogens is 707 g/mol. The lowest BCUT2D eigenvalue weighted by Gasteiger charge is -2.34. The molecule has 0 saturated heterocycles. The topological polar surface area (TPSA) is 22.8 Å². The molecule has 4 heteroatoms. The van der Waals surface area contributed by atoms with Crippen LogP contribution in [0.4, 0.5) is 0 Å². The van der Waals surface area contributed by atoms with Gasteiger partial charge in [0.15, 0.2) is 8.07 Å². The predicted molar refractivity (Wildman–Crippen MR) is 242 cm³/mol. The Balaban J connectivity index is 1.15. The molecule has 268 valence electrons. The Hall–Kier alpha value is -7.27. The first-order valence-electron chi connectivity index (χ1n) is 19.6. The van der Waals surface area contributed by atoms with Gasteiger partial charge in [-0.3, -0.25) is 4.57 Å². The second-order valence-electron chi connectivity index (χ2n) is 14.7. The number of hydrogen-bond acceptors (Lipinski definition) is 1. The monoisotopic (exact) mass is 743 g/mol. The van der Waals surface area contributed by atoms with Crippen LogP contribution >= 0.6 is 0 Å². The van der Waals surface area contributed by atoms with Crippen molar-refractivity contribution in [2.24, 2.45) is 0 Å². The van der Waals surface area contributed by atoms with E-state index in [0.29, 0.717) is 0 Å². The molecule has 3 aromatic heterocycles. The maximum absolute atomic E-state index is 5.13. The van der Waals surface area contributed by atoms with Crippen molar-refractivity contribution in [3.05, 3.63) is 225 Å². The number of pyridine rings is 1. The maximum Gasteiger partial charge on any atom is 0.179 e. The molecule has 0 radical (unpaired) electrons. The van der Waals surface area contributed by atoms with E-state index in [1.165, 1.54) is 58.9 Å². The van der Waals surface area contributed by atoms with Crippen molar-refractivity contribution in [3.63, 3.8) is 0 Å². The fraction of sp³-hybridized carbons (Fsp3) is 0. The van der Waals surface area contributed by atoms with Crippen LogP contribution in [0, 0.1) is 0 Å². The van der Waals surface area contributed by atoms with Gasteiger partial charge in [0.2, 0.25) is 0 Å². The van der Waals surface area contributed by atoms with Crippen LogP contribution < -0.4 is 20.7 Å². The summed E-state index contributed by atoms with van der Waals surface area (Å²) in [6.07, 6.45) is 1.97. The molecule has 0 atom stereocenters. The minimum Gasteiger partial charge on any atom is -0.307 e. The van der Waals surface area contributed by atoms with Crippen LogP contribution in [-0.2, 0) is 0 Å². The molecule has 3 heterocycles. The third-order valence-electron chi connectivity index (χ3n) is 11.7. The van der Waals surface area contributed by atoms with Crippen LogP contribution in [0.3, 0.4) is 0 Å². The highest BCUT2D eigenvalue weighted by Crippen LogP contribution is 2.39. The maximum atomic E-state index is 5.13. The van der Waals surface area contributed by atoms with Crippen LogP contribution in [0.5, 0.6) is 0 Å². The van der Waals surface area contributed by atoms with Crippen molar-refractivity contribution >= 4 is 72.4 Å². The van der Waals surface area contributed by atoms with Gasteiger partial charge >= 0.3 is 0 Å². The Labute approximate surface area is 332 Å². The van der Waals surface area contributed by atoms with Crippen molar-refractivity contribution in [3.8, 4) is 22.6 Å². The van der Waals surface area contributed by atoms with Crippen molar-refractivity contribution in [2.75, 3.05) is 0 Å². The average Bonchev–Trinajstić information content (AvgIpc) is 3.81. The van der Waals surface area contributed by atoms with E-state index in [-0.39, 0.29) is 0 Å². The lowest BCUT2D eigenvalue weighted by molar-refractivity contribution is 1.07. The number of rotatable bonds is 7. The molecule has 0 unspecified atom stereocenters. The van der Waals surface area contributed by atoms with Gasteiger partial charge in [-0.25, -0.2) is 4.98 Å². The third-order valence-corrected chi connectivity index (χ3v) is 16.5. The van der Waals surface area contributed by atoms with Crippen LogP contribution in [0.15, 0.2) is 225 Å². The molecule has 0 aliphatic rings. The van der Waals surface area contributed by atoms with E-state index < -0.39 is 8.07 Å². The highest BCUT2D eigenvalue weighted by Gasteiger charge is 2.41. The van der Waals surface area contributed by atoms with Crippen molar-refractivity contribution in [1.82, 2.24) is 14.1 Å². The lowest BCUT2D eigenvalue weighted by Crippen LogP contribution is -2.74. The molecule has 11 rings (SSSR count). The van der Waals surface area contributed by atoms with E-state index in [0.717, 1.165) is 28.1 Å². The van der Waals surface area contributed by atoms with Gasteiger partial charge in [-0.05, 0) is 68.3 Å². The Bertz CT molecular complexity index is 3090.